The molecule has 0 aliphatic carbocycles. The molecule has 0 amide bonds. The fourth-order valence-electron chi connectivity index (χ4n) is 5.05. The standard InChI is InChI=1S/C30H26F2N6O4/c31-23-11-18(13-33)1-2-21(23)17-42-30-34-14-24(32)28(36-30)19-5-8-37(9-6-19)16-27-35-25-4-3-20(29(39)40)12-26(25)38(27)15-22-7-10-41-22/h1-5,11-12,14,22H,6-10,15-17H2,(H,39,40). The monoisotopic (exact) mass is 572 g/mol. The highest BCUT2D eigenvalue weighted by molar-refractivity contribution is 5.92. The van der Waals surface area contributed by atoms with E-state index in [2.05, 4.69) is 14.9 Å². The molecule has 2 aromatic carbocycles. The van der Waals surface area contributed by atoms with E-state index in [4.69, 9.17) is 19.7 Å². The first-order chi connectivity index (χ1) is 20.4. The highest BCUT2D eigenvalue weighted by Gasteiger charge is 2.25. The van der Waals surface area contributed by atoms with Crippen LogP contribution in [0.3, 0.4) is 0 Å². The first-order valence-electron chi connectivity index (χ1n) is 13.5. The van der Waals surface area contributed by atoms with Gasteiger partial charge >= 0.3 is 12.0 Å². The Labute approximate surface area is 239 Å². The number of carboxylic acids is 1. The number of halogens is 2. The summed E-state index contributed by atoms with van der Waals surface area (Å²) in [6.45, 7) is 2.79. The number of ether oxygens (including phenoxy) is 2. The third-order valence-corrected chi connectivity index (χ3v) is 7.48. The molecule has 0 radical (unpaired) electrons. The van der Waals surface area contributed by atoms with Crippen LogP contribution in [0, 0.1) is 23.0 Å². The van der Waals surface area contributed by atoms with E-state index in [0.717, 1.165) is 35.5 Å². The minimum absolute atomic E-state index is 0.0630. The molecule has 2 aliphatic rings. The number of carboxylic acid groups (broad SMARTS) is 1. The number of carbonyl (C=O) groups is 1. The van der Waals surface area contributed by atoms with Gasteiger partial charge in [-0.1, -0.05) is 12.1 Å². The molecule has 4 heterocycles. The maximum absolute atomic E-state index is 14.7. The number of imidazole rings is 1. The smallest absolute Gasteiger partial charge is 0.335 e. The fraction of sp³-hybridized carbons (Fsp3) is 0.300. The molecule has 1 atom stereocenters. The average molecular weight is 573 g/mol. The lowest BCUT2D eigenvalue weighted by Gasteiger charge is -2.29. The van der Waals surface area contributed by atoms with E-state index in [-0.39, 0.29) is 41.1 Å². The Hall–Kier alpha value is -4.73. The predicted molar refractivity (Wildman–Crippen MR) is 146 cm³/mol. The number of benzene rings is 2. The van der Waals surface area contributed by atoms with Gasteiger partial charge < -0.3 is 19.1 Å². The second kappa shape index (κ2) is 11.6. The molecule has 12 heteroatoms. The first-order valence-corrected chi connectivity index (χ1v) is 13.5. The Bertz CT molecular complexity index is 1740. The van der Waals surface area contributed by atoms with E-state index in [0.29, 0.717) is 44.8 Å². The Balaban J connectivity index is 1.16. The third-order valence-electron chi connectivity index (χ3n) is 7.48. The summed E-state index contributed by atoms with van der Waals surface area (Å²) in [5.74, 6) is -1.35. The highest BCUT2D eigenvalue weighted by atomic mass is 19.1. The van der Waals surface area contributed by atoms with Crippen molar-refractivity contribution in [3.05, 3.63) is 88.5 Å². The summed E-state index contributed by atoms with van der Waals surface area (Å²) in [6, 6.07) is 10.8. The van der Waals surface area contributed by atoms with Crippen LogP contribution in [0.4, 0.5) is 8.78 Å². The number of nitriles is 1. The van der Waals surface area contributed by atoms with Gasteiger partial charge in [-0.25, -0.2) is 23.5 Å². The van der Waals surface area contributed by atoms with Gasteiger partial charge in [-0.05, 0) is 48.7 Å². The van der Waals surface area contributed by atoms with Gasteiger partial charge in [0.1, 0.15) is 23.9 Å². The van der Waals surface area contributed by atoms with Gasteiger partial charge in [0, 0.05) is 25.3 Å². The molecule has 0 spiro atoms. The molecule has 1 N–H and O–H groups in total. The van der Waals surface area contributed by atoms with Crippen molar-refractivity contribution in [2.24, 2.45) is 0 Å². The second-order valence-corrected chi connectivity index (χ2v) is 10.2. The normalized spacial score (nSPS) is 17.0. The maximum atomic E-state index is 14.7. The van der Waals surface area contributed by atoms with Crippen LogP contribution in [-0.2, 0) is 24.4 Å². The molecule has 6 rings (SSSR count). The van der Waals surface area contributed by atoms with Crippen LogP contribution in [0.5, 0.6) is 6.01 Å². The lowest BCUT2D eigenvalue weighted by atomic mass is 10.0. The van der Waals surface area contributed by atoms with E-state index in [1.807, 2.05) is 16.7 Å². The van der Waals surface area contributed by atoms with E-state index in [1.165, 1.54) is 12.1 Å². The van der Waals surface area contributed by atoms with Crippen LogP contribution in [0.2, 0.25) is 0 Å². The van der Waals surface area contributed by atoms with Gasteiger partial charge in [-0.3, -0.25) is 4.90 Å². The minimum atomic E-state index is -0.994. The van der Waals surface area contributed by atoms with Crippen LogP contribution in [0.1, 0.15) is 45.8 Å². The zero-order chi connectivity index (χ0) is 29.2. The van der Waals surface area contributed by atoms with Gasteiger partial charge in [0.25, 0.3) is 0 Å². The third kappa shape index (κ3) is 5.70. The largest absolute Gasteiger partial charge is 0.478 e. The summed E-state index contributed by atoms with van der Waals surface area (Å²) in [5, 5.41) is 18.4. The van der Waals surface area contributed by atoms with Gasteiger partial charge in [0.15, 0.2) is 5.82 Å². The lowest BCUT2D eigenvalue weighted by molar-refractivity contribution is -0.0591. The quantitative estimate of drug-likeness (QED) is 0.312. The molecule has 2 aliphatic heterocycles. The molecule has 2 aromatic heterocycles. The molecular weight excluding hydrogens is 546 g/mol. The van der Waals surface area contributed by atoms with Crippen molar-refractivity contribution in [1.29, 1.82) is 5.26 Å². The van der Waals surface area contributed by atoms with E-state index >= 15 is 0 Å². The van der Waals surface area contributed by atoms with Crippen molar-refractivity contribution < 1.29 is 28.2 Å². The zero-order valence-electron chi connectivity index (χ0n) is 22.5. The molecular formula is C30H26F2N6O4. The maximum Gasteiger partial charge on any atom is 0.335 e. The van der Waals surface area contributed by atoms with Gasteiger partial charge in [-0.15, -0.1) is 0 Å². The molecule has 1 saturated heterocycles. The Kier molecular flexibility index (Phi) is 7.60. The van der Waals surface area contributed by atoms with E-state index in [9.17, 15) is 18.7 Å². The van der Waals surface area contributed by atoms with Crippen molar-refractivity contribution in [1.82, 2.24) is 24.4 Å². The number of fused-ring (bicyclic) bond motifs is 1. The molecule has 1 fully saturated rings. The Morgan fingerprint density at radius 1 is 1.19 bits per heavy atom. The van der Waals surface area contributed by atoms with Crippen molar-refractivity contribution in [2.45, 2.75) is 38.6 Å². The van der Waals surface area contributed by atoms with Crippen molar-refractivity contribution in [3.63, 3.8) is 0 Å². The zero-order valence-corrected chi connectivity index (χ0v) is 22.5. The molecule has 1 unspecified atom stereocenters. The number of rotatable bonds is 9. The average Bonchev–Trinajstić information content (AvgIpc) is 3.31. The summed E-state index contributed by atoms with van der Waals surface area (Å²) >= 11 is 0. The number of hydrogen-bond acceptors (Lipinski definition) is 8. The first kappa shape index (κ1) is 27.4. The molecule has 4 aromatic rings. The fourth-order valence-corrected chi connectivity index (χ4v) is 5.05. The van der Waals surface area contributed by atoms with Gasteiger partial charge in [0.2, 0.25) is 0 Å². The van der Waals surface area contributed by atoms with E-state index in [1.54, 1.807) is 18.2 Å². The van der Waals surface area contributed by atoms with Crippen molar-refractivity contribution >= 4 is 22.6 Å². The lowest BCUT2D eigenvalue weighted by Crippen LogP contribution is -2.33. The van der Waals surface area contributed by atoms with E-state index < -0.39 is 17.6 Å². The van der Waals surface area contributed by atoms with Crippen molar-refractivity contribution in [2.75, 3.05) is 19.7 Å². The van der Waals surface area contributed by atoms with Gasteiger partial charge in [-0.2, -0.15) is 10.2 Å². The number of nitrogens with zero attached hydrogens (tertiary/aromatic N) is 6. The Morgan fingerprint density at radius 2 is 2.05 bits per heavy atom. The van der Waals surface area contributed by atoms with Crippen LogP contribution in [0.15, 0.2) is 48.7 Å². The summed E-state index contributed by atoms with van der Waals surface area (Å²) in [7, 11) is 0. The summed E-state index contributed by atoms with van der Waals surface area (Å²) in [4.78, 5) is 26.7. The molecule has 10 nitrogen and oxygen atoms in total. The molecule has 0 saturated carbocycles. The van der Waals surface area contributed by atoms with Crippen LogP contribution in [0.25, 0.3) is 16.6 Å². The number of aromatic carboxylic acids is 1. The minimum Gasteiger partial charge on any atom is -0.478 e. The van der Waals surface area contributed by atoms with Crippen LogP contribution >= 0.6 is 0 Å². The molecule has 214 valence electrons. The summed E-state index contributed by atoms with van der Waals surface area (Å²) in [5.41, 5.74) is 2.95. The summed E-state index contributed by atoms with van der Waals surface area (Å²) in [6.07, 6.45) is 4.46. The molecule has 0 bridgehead atoms. The SMILES string of the molecule is N#Cc1ccc(COc2ncc(F)c(C3=CCN(Cc4nc5ccc(C(=O)O)cc5n4CC4CCO4)CC3)n2)c(F)c1. The Morgan fingerprint density at radius 3 is 2.74 bits per heavy atom. The topological polar surface area (TPSA) is 126 Å². The van der Waals surface area contributed by atoms with Crippen molar-refractivity contribution in [3.8, 4) is 12.1 Å². The summed E-state index contributed by atoms with van der Waals surface area (Å²) < 4.78 is 42.2. The molecule has 42 heavy (non-hydrogen) atoms. The van der Waals surface area contributed by atoms with Crippen LogP contribution in [-0.4, -0.2) is 61.3 Å². The number of aromatic nitrogens is 4. The van der Waals surface area contributed by atoms with Crippen LogP contribution < -0.4 is 4.74 Å². The highest BCUT2D eigenvalue weighted by Crippen LogP contribution is 2.27. The predicted octanol–water partition coefficient (Wildman–Crippen LogP) is 4.33. The second-order valence-electron chi connectivity index (χ2n) is 10.2. The number of hydrogen-bond donors (Lipinski definition) is 1. The van der Waals surface area contributed by atoms with Gasteiger partial charge in [0.05, 0.1) is 53.6 Å².